The van der Waals surface area contributed by atoms with Crippen LogP contribution in [0.1, 0.15) is 5.82 Å². The molecule has 2 aromatic carbocycles. The van der Waals surface area contributed by atoms with Crippen LogP contribution in [0.4, 0.5) is 11.4 Å². The van der Waals surface area contributed by atoms with Crippen LogP contribution in [-0.2, 0) is 16.6 Å². The largest absolute Gasteiger partial charge is 0.378 e. The van der Waals surface area contributed by atoms with Gasteiger partial charge in [0.1, 0.15) is 11.5 Å². The average molecular weight is 389 g/mol. The van der Waals surface area contributed by atoms with Crippen molar-refractivity contribution in [2.75, 3.05) is 18.9 Å². The van der Waals surface area contributed by atoms with Crippen LogP contribution >= 0.6 is 0 Å². The van der Waals surface area contributed by atoms with Crippen LogP contribution in [0.5, 0.6) is 0 Å². The van der Waals surface area contributed by atoms with Gasteiger partial charge < -0.3 is 9.88 Å². The van der Waals surface area contributed by atoms with Crippen molar-refractivity contribution < 1.29 is 13.3 Å². The molecular weight excluding hydrogens is 370 g/mol. The van der Waals surface area contributed by atoms with E-state index in [-0.39, 0.29) is 16.3 Å². The molecule has 3 aromatic rings. The summed E-state index contributed by atoms with van der Waals surface area (Å²) in [4.78, 5) is 15.1. The number of sulfonamides is 1. The molecule has 0 aliphatic heterocycles. The molecule has 3 rings (SSSR count). The van der Waals surface area contributed by atoms with Gasteiger partial charge in [0, 0.05) is 19.2 Å². The monoisotopic (exact) mass is 389 g/mol. The molecule has 1 heterocycles. The van der Waals surface area contributed by atoms with Crippen molar-refractivity contribution in [3.8, 4) is 0 Å². The number of nitro groups is 1. The van der Waals surface area contributed by atoms with Gasteiger partial charge in [-0.3, -0.25) is 10.1 Å². The molecule has 9 nitrogen and oxygen atoms in total. The third-order valence-corrected chi connectivity index (χ3v) is 5.65. The first kappa shape index (κ1) is 18.8. The normalized spacial score (nSPS) is 11.6. The van der Waals surface area contributed by atoms with E-state index in [1.807, 2.05) is 35.8 Å². The van der Waals surface area contributed by atoms with Crippen LogP contribution < -0.4 is 10.0 Å². The molecule has 0 unspecified atom stereocenters. The van der Waals surface area contributed by atoms with Gasteiger partial charge in [-0.1, -0.05) is 12.1 Å². The lowest BCUT2D eigenvalue weighted by Crippen LogP contribution is -2.19. The number of fused-ring (bicyclic) bond motifs is 1. The molecule has 0 amide bonds. The Morgan fingerprint density at radius 2 is 1.96 bits per heavy atom. The Balaban J connectivity index is 1.81. The fourth-order valence-corrected chi connectivity index (χ4v) is 3.63. The highest BCUT2D eigenvalue weighted by Crippen LogP contribution is 2.27. The quantitative estimate of drug-likeness (QED) is 0.473. The number of nitro benzene ring substituents is 1. The summed E-state index contributed by atoms with van der Waals surface area (Å²) in [7, 11) is -2.50. The van der Waals surface area contributed by atoms with Crippen LogP contribution in [0.15, 0.2) is 47.4 Å². The van der Waals surface area contributed by atoms with Crippen molar-refractivity contribution in [2.24, 2.45) is 0 Å². The van der Waals surface area contributed by atoms with Gasteiger partial charge >= 0.3 is 0 Å². The van der Waals surface area contributed by atoms with Crippen molar-refractivity contribution in [2.45, 2.75) is 18.4 Å². The summed E-state index contributed by atoms with van der Waals surface area (Å²) in [5.41, 5.74) is 1.85. The number of nitrogens with zero attached hydrogens (tertiary/aromatic N) is 3. The molecule has 0 atom stereocenters. The minimum atomic E-state index is -3.75. The maximum atomic E-state index is 11.9. The number of anilines is 1. The lowest BCUT2D eigenvalue weighted by atomic mass is 10.2. The van der Waals surface area contributed by atoms with Crippen molar-refractivity contribution in [1.29, 1.82) is 0 Å². The second kappa shape index (κ2) is 7.33. The minimum Gasteiger partial charge on any atom is -0.378 e. The molecule has 0 saturated carbocycles. The molecule has 0 radical (unpaired) electrons. The van der Waals surface area contributed by atoms with Crippen molar-refractivity contribution in [1.82, 2.24) is 14.3 Å². The SMILES string of the molecule is CNS(=O)(=O)c1ccc(NCCn2c(C)nc3ccccc32)c([N+](=O)[O-])c1. The smallest absolute Gasteiger partial charge is 0.293 e. The number of imidazole rings is 1. The molecule has 0 aliphatic rings. The standard InChI is InChI=1S/C17H19N5O4S/c1-12-20-15-5-3-4-6-16(15)21(12)10-9-19-14-8-7-13(27(25,26)18-2)11-17(14)22(23)24/h3-8,11,18-19H,9-10H2,1-2H3. The molecular formula is C17H19N5O4S. The van der Waals surface area contributed by atoms with Gasteiger partial charge in [-0.25, -0.2) is 18.1 Å². The zero-order valence-electron chi connectivity index (χ0n) is 14.8. The Kier molecular flexibility index (Phi) is 5.10. The highest BCUT2D eigenvalue weighted by molar-refractivity contribution is 7.89. The number of aryl methyl sites for hydroxylation is 1. The van der Waals surface area contributed by atoms with Crippen LogP contribution in [0.3, 0.4) is 0 Å². The fraction of sp³-hybridized carbons (Fsp3) is 0.235. The molecule has 10 heteroatoms. The summed E-state index contributed by atoms with van der Waals surface area (Å²) in [6.07, 6.45) is 0. The first-order valence-corrected chi connectivity index (χ1v) is 9.69. The first-order chi connectivity index (χ1) is 12.8. The zero-order valence-corrected chi connectivity index (χ0v) is 15.7. The van der Waals surface area contributed by atoms with E-state index < -0.39 is 14.9 Å². The van der Waals surface area contributed by atoms with Crippen LogP contribution in [-0.4, -0.2) is 36.5 Å². The van der Waals surface area contributed by atoms with Crippen molar-refractivity contribution in [3.63, 3.8) is 0 Å². The van der Waals surface area contributed by atoms with Crippen molar-refractivity contribution in [3.05, 3.63) is 58.4 Å². The molecule has 0 bridgehead atoms. The molecule has 27 heavy (non-hydrogen) atoms. The third-order valence-electron chi connectivity index (χ3n) is 4.24. The lowest BCUT2D eigenvalue weighted by Gasteiger charge is -2.11. The van der Waals surface area contributed by atoms with Gasteiger partial charge in [0.15, 0.2) is 0 Å². The summed E-state index contributed by atoms with van der Waals surface area (Å²) >= 11 is 0. The molecule has 0 spiro atoms. The van der Waals surface area contributed by atoms with E-state index in [0.29, 0.717) is 13.1 Å². The van der Waals surface area contributed by atoms with E-state index >= 15 is 0 Å². The Hall–Kier alpha value is -2.98. The number of nitrogens with one attached hydrogen (secondary N) is 2. The number of hydrogen-bond donors (Lipinski definition) is 2. The molecule has 142 valence electrons. The first-order valence-electron chi connectivity index (χ1n) is 8.21. The molecule has 0 saturated heterocycles. The summed E-state index contributed by atoms with van der Waals surface area (Å²) in [6, 6.07) is 11.5. The van der Waals surface area contributed by atoms with Crippen LogP contribution in [0, 0.1) is 17.0 Å². The number of para-hydroxylation sites is 2. The molecule has 0 fully saturated rings. The van der Waals surface area contributed by atoms with Gasteiger partial charge in [0.25, 0.3) is 5.69 Å². The van der Waals surface area contributed by atoms with E-state index in [4.69, 9.17) is 0 Å². The molecule has 2 N–H and O–H groups in total. The highest BCUT2D eigenvalue weighted by atomic mass is 32.2. The van der Waals surface area contributed by atoms with Gasteiger partial charge in [0.2, 0.25) is 10.0 Å². The summed E-state index contributed by atoms with van der Waals surface area (Å²) in [5.74, 6) is 0.850. The predicted octanol–water partition coefficient (Wildman–Crippen LogP) is 2.27. The number of benzene rings is 2. The van der Waals surface area contributed by atoms with E-state index in [2.05, 4.69) is 15.0 Å². The summed E-state index contributed by atoms with van der Waals surface area (Å²) in [6.45, 7) is 2.88. The predicted molar refractivity (Wildman–Crippen MR) is 102 cm³/mol. The maximum Gasteiger partial charge on any atom is 0.293 e. The second-order valence-electron chi connectivity index (χ2n) is 5.87. The highest BCUT2D eigenvalue weighted by Gasteiger charge is 2.20. The average Bonchev–Trinajstić information content (AvgIpc) is 2.97. The maximum absolute atomic E-state index is 11.9. The van der Waals surface area contributed by atoms with E-state index in [9.17, 15) is 18.5 Å². The zero-order chi connectivity index (χ0) is 19.6. The van der Waals surface area contributed by atoms with E-state index in [0.717, 1.165) is 22.9 Å². The van der Waals surface area contributed by atoms with Gasteiger partial charge in [-0.15, -0.1) is 0 Å². The third kappa shape index (κ3) is 3.76. The Morgan fingerprint density at radius 1 is 1.22 bits per heavy atom. The minimum absolute atomic E-state index is 0.154. The number of hydrogen-bond acceptors (Lipinski definition) is 6. The Labute approximate surface area is 156 Å². The Morgan fingerprint density at radius 3 is 2.67 bits per heavy atom. The fourth-order valence-electron chi connectivity index (χ4n) is 2.88. The number of aromatic nitrogens is 2. The lowest BCUT2D eigenvalue weighted by molar-refractivity contribution is -0.384. The van der Waals surface area contributed by atoms with E-state index in [1.165, 1.54) is 19.2 Å². The Bertz CT molecular complexity index is 1110. The van der Waals surface area contributed by atoms with Gasteiger partial charge in [-0.2, -0.15) is 0 Å². The van der Waals surface area contributed by atoms with Crippen LogP contribution in [0.2, 0.25) is 0 Å². The van der Waals surface area contributed by atoms with Crippen LogP contribution in [0.25, 0.3) is 11.0 Å². The summed E-state index contributed by atoms with van der Waals surface area (Å²) < 4.78 is 27.9. The summed E-state index contributed by atoms with van der Waals surface area (Å²) in [5, 5.41) is 14.4. The molecule has 0 aliphatic carbocycles. The van der Waals surface area contributed by atoms with Gasteiger partial charge in [-0.05, 0) is 38.2 Å². The van der Waals surface area contributed by atoms with Gasteiger partial charge in [0.05, 0.1) is 20.9 Å². The topological polar surface area (TPSA) is 119 Å². The number of rotatable bonds is 7. The molecule has 1 aromatic heterocycles. The van der Waals surface area contributed by atoms with E-state index in [1.54, 1.807) is 0 Å². The van der Waals surface area contributed by atoms with Crippen molar-refractivity contribution >= 4 is 32.4 Å². The second-order valence-corrected chi connectivity index (χ2v) is 7.76.